The van der Waals surface area contributed by atoms with Crippen LogP contribution in [0.5, 0.6) is 23.0 Å². The van der Waals surface area contributed by atoms with E-state index < -0.39 is 0 Å². The van der Waals surface area contributed by atoms with Gasteiger partial charge in [-0.25, -0.2) is 0 Å². The van der Waals surface area contributed by atoms with Gasteiger partial charge >= 0.3 is 74.4 Å². The van der Waals surface area contributed by atoms with Gasteiger partial charge in [-0.15, -0.1) is 0 Å². The van der Waals surface area contributed by atoms with Crippen LogP contribution in [-0.4, -0.2) is 52.9 Å². The van der Waals surface area contributed by atoms with E-state index >= 15 is 0 Å². The fourth-order valence-electron chi connectivity index (χ4n) is 3.37. The van der Waals surface area contributed by atoms with Gasteiger partial charge in [-0.3, -0.25) is 0 Å². The molecule has 1 aliphatic heterocycles. The minimum atomic E-state index is 0. The molecule has 7 heteroatoms. The minimum Gasteiger partial charge on any atom is -0.700 e. The second kappa shape index (κ2) is 13.9. The number of fused-ring (bicyclic) bond motifs is 2. The first-order chi connectivity index (χ1) is 15.4. The predicted octanol–water partition coefficient (Wildman–Crippen LogP) is 3.32. The zero-order valence-corrected chi connectivity index (χ0v) is 23.1. The zero-order valence-electron chi connectivity index (χ0n) is 20.0. The molecule has 3 rings (SSSR count). The number of benzene rings is 2. The molecular formula is C26H36KO6+. The summed E-state index contributed by atoms with van der Waals surface area (Å²) in [6, 6.07) is 16.0. The van der Waals surface area contributed by atoms with Gasteiger partial charge in [-0.2, -0.15) is 0 Å². The van der Waals surface area contributed by atoms with Crippen molar-refractivity contribution in [2.75, 3.05) is 52.9 Å². The Kier molecular flexibility index (Phi) is 12.0. The molecule has 0 spiro atoms. The fourth-order valence-corrected chi connectivity index (χ4v) is 3.37. The van der Waals surface area contributed by atoms with Crippen molar-refractivity contribution < 1.29 is 77.6 Å². The molecule has 2 aromatic carbocycles. The summed E-state index contributed by atoms with van der Waals surface area (Å²) in [5.41, 5.74) is 0. The fraction of sp³-hybridized carbons (Fsp3) is 0.308. The Bertz CT molecular complexity index is 712. The minimum absolute atomic E-state index is 0. The zero-order chi connectivity index (χ0) is 23.1. The van der Waals surface area contributed by atoms with Gasteiger partial charge in [-0.1, -0.05) is 38.5 Å². The van der Waals surface area contributed by atoms with E-state index in [0.717, 1.165) is 23.0 Å². The molecule has 0 saturated heterocycles. The van der Waals surface area contributed by atoms with E-state index in [-0.39, 0.29) is 51.4 Å². The molecule has 6 nitrogen and oxygen atoms in total. The maximum absolute atomic E-state index is 4.15. The van der Waals surface area contributed by atoms with Crippen molar-refractivity contribution in [2.45, 2.75) is 0 Å². The summed E-state index contributed by atoms with van der Waals surface area (Å²) in [7, 11) is 24.8. The molecule has 0 aliphatic carbocycles. The van der Waals surface area contributed by atoms with Gasteiger partial charge in [0.25, 0.3) is 0 Å². The average molecular weight is 484 g/mol. The Morgan fingerprint density at radius 3 is 0.818 bits per heavy atom. The van der Waals surface area contributed by atoms with Gasteiger partial charge in [0.05, 0.1) is 0 Å². The van der Waals surface area contributed by atoms with E-state index in [1.807, 2.05) is 48.5 Å². The van der Waals surface area contributed by atoms with Gasteiger partial charge in [0.1, 0.15) is 0 Å². The van der Waals surface area contributed by atoms with Gasteiger partial charge < -0.3 is 26.2 Å². The Hall–Kier alpha value is -0.804. The molecule has 0 N–H and O–H groups in total. The quantitative estimate of drug-likeness (QED) is 0.311. The molecule has 2 aromatic rings. The first-order valence-electron chi connectivity index (χ1n) is 10.5. The molecule has 0 bridgehead atoms. The topological polar surface area (TPSA) is 16.2 Å². The van der Waals surface area contributed by atoms with E-state index in [9.17, 15) is 0 Å². The summed E-state index contributed by atoms with van der Waals surface area (Å²) in [5, 5.41) is 0. The Balaban J connectivity index is 0.00000385. The van der Waals surface area contributed by atoms with Crippen LogP contribution < -0.4 is 51.4 Å². The molecule has 1 heterocycles. The first kappa shape index (κ1) is 28.4. The third-order valence-corrected chi connectivity index (χ3v) is 5.42. The summed E-state index contributed by atoms with van der Waals surface area (Å²) < 4.78 is 17.3. The maximum Gasteiger partial charge on any atom is 1.00 e. The number of hydrogen-bond donors (Lipinski definition) is 0. The van der Waals surface area contributed by atoms with Crippen molar-refractivity contribution in [3.8, 4) is 23.0 Å². The van der Waals surface area contributed by atoms with Crippen LogP contribution in [0.1, 0.15) is 0 Å². The Morgan fingerprint density at radius 2 is 0.606 bits per heavy atom. The van der Waals surface area contributed by atoms with Crippen molar-refractivity contribution in [1.82, 2.24) is 0 Å². The summed E-state index contributed by atoms with van der Waals surface area (Å²) >= 11 is 0. The van der Waals surface area contributed by atoms with Crippen LogP contribution in [0, 0.1) is 42.7 Å². The molecule has 0 aromatic heterocycles. The summed E-state index contributed by atoms with van der Waals surface area (Å²) in [4.78, 5) is 0. The molecule has 0 fully saturated rings. The van der Waals surface area contributed by atoms with Crippen LogP contribution in [-0.2, 0) is 26.2 Å². The maximum atomic E-state index is 4.15. The third kappa shape index (κ3) is 8.13. The smallest absolute Gasteiger partial charge is 0.700 e. The summed E-state index contributed by atoms with van der Waals surface area (Å²) in [6.07, 6.45) is 0. The second-order valence-electron chi connectivity index (χ2n) is 7.72. The molecule has 33 heavy (non-hydrogen) atoms. The molecule has 0 radical (unpaired) electrons. The molecule has 1 aliphatic rings. The molecule has 0 amide bonds. The van der Waals surface area contributed by atoms with Crippen LogP contribution in [0.25, 0.3) is 0 Å². The van der Waals surface area contributed by atoms with Crippen LogP contribution in [0.15, 0.2) is 48.5 Å². The van der Waals surface area contributed by atoms with E-state index in [0.29, 0.717) is 52.9 Å². The normalized spacial score (nSPS) is 18.1. The van der Waals surface area contributed by atoms with E-state index in [2.05, 4.69) is 68.9 Å². The van der Waals surface area contributed by atoms with Gasteiger partial charge in [-0.05, 0) is 28.4 Å². The van der Waals surface area contributed by atoms with E-state index in [4.69, 9.17) is 0 Å². The predicted molar refractivity (Wildman–Crippen MR) is 128 cm³/mol. The molecule has 0 unspecified atom stereocenters. The van der Waals surface area contributed by atoms with Gasteiger partial charge in [0.15, 0.2) is 26.4 Å². The Labute approximate surface area is 242 Å². The van der Waals surface area contributed by atoms with Gasteiger partial charge in [0.2, 0.25) is 26.4 Å². The summed E-state index contributed by atoms with van der Waals surface area (Å²) in [6.45, 7) is 4.98. The number of hydrogen-bond acceptors (Lipinski definition) is 0. The van der Waals surface area contributed by atoms with Crippen LogP contribution in [0.3, 0.4) is 0 Å². The standard InChI is InChI=1S/C26H36O6.K/c1-27-15-19-29(3)23-11-7-9-13-25(23)31(5)21-17-28(2)18-22-32(6)26-14-10-8-12-24(26)30(4)20-16-27;/h7-14H,1-6,15-22H2;/q;+1. The molecule has 176 valence electrons. The van der Waals surface area contributed by atoms with Crippen LogP contribution in [0.4, 0.5) is 0 Å². The average Bonchev–Trinajstić information content (AvgIpc) is 2.82. The van der Waals surface area contributed by atoms with Crippen molar-refractivity contribution >= 4 is 0 Å². The van der Waals surface area contributed by atoms with Crippen LogP contribution >= 0.6 is 0 Å². The number of rotatable bonds is 0. The van der Waals surface area contributed by atoms with Crippen molar-refractivity contribution in [1.29, 1.82) is 0 Å². The van der Waals surface area contributed by atoms with Gasteiger partial charge in [0, 0.05) is 24.3 Å². The SMILES string of the molecule is [CH2-][O+]1CC[O+]([CH2-])c2ccccc2[O+]([CH2-])CC[O+]([CH2-])CC[O+]([CH2-])c2ccccc2[O+]([CH2-])CC1.[K+]. The van der Waals surface area contributed by atoms with E-state index in [1.54, 1.807) is 0 Å². The molecule has 0 atom stereocenters. The van der Waals surface area contributed by atoms with Crippen LogP contribution in [0.2, 0.25) is 0 Å². The Morgan fingerprint density at radius 1 is 0.394 bits per heavy atom. The largest absolute Gasteiger partial charge is 1.00 e. The molecule has 0 saturated carbocycles. The van der Waals surface area contributed by atoms with Crippen molar-refractivity contribution in [3.63, 3.8) is 0 Å². The number of para-hydroxylation sites is 4. The summed E-state index contributed by atoms with van der Waals surface area (Å²) in [5.74, 6) is 3.63. The van der Waals surface area contributed by atoms with Crippen molar-refractivity contribution in [3.05, 3.63) is 91.2 Å². The monoisotopic (exact) mass is 483 g/mol. The molecular weight excluding hydrogens is 447 g/mol. The first-order valence-corrected chi connectivity index (χ1v) is 10.5. The van der Waals surface area contributed by atoms with Crippen molar-refractivity contribution in [2.24, 2.45) is 0 Å². The third-order valence-electron chi connectivity index (χ3n) is 5.42. The van der Waals surface area contributed by atoms with E-state index in [1.165, 1.54) is 0 Å². The second-order valence-corrected chi connectivity index (χ2v) is 7.72.